The minimum absolute atomic E-state index is 0.128. The van der Waals surface area contributed by atoms with Crippen molar-refractivity contribution in [3.05, 3.63) is 54.6 Å². The minimum Gasteiger partial charge on any atom is -0.444 e. The SMILES string of the molecule is C[C@@H]1/C=C\C[C@H](NC(=O)OC(C)(C)C)c2cncc(c2)-c2ccncc2NC1=O. The number of fused-ring (bicyclic) bond motifs is 4. The number of carbonyl (C=O) groups excluding carboxylic acids is 2. The van der Waals surface area contributed by atoms with Gasteiger partial charge in [-0.3, -0.25) is 14.8 Å². The highest BCUT2D eigenvalue weighted by Crippen LogP contribution is 2.30. The Morgan fingerprint density at radius 1 is 1.24 bits per heavy atom. The molecule has 3 rings (SSSR count). The van der Waals surface area contributed by atoms with Crippen molar-refractivity contribution in [3.63, 3.8) is 0 Å². The second kappa shape index (κ2) is 8.43. The van der Waals surface area contributed by atoms with Crippen LogP contribution in [0.15, 0.2) is 49.1 Å². The first kappa shape index (κ1) is 20.5. The molecule has 7 nitrogen and oxygen atoms in total. The van der Waals surface area contributed by atoms with E-state index in [1.165, 1.54) is 0 Å². The Bertz CT molecular complexity index is 934. The predicted molar refractivity (Wildman–Crippen MR) is 111 cm³/mol. The normalized spacial score (nSPS) is 20.3. The van der Waals surface area contributed by atoms with Crippen molar-refractivity contribution >= 4 is 17.7 Å². The summed E-state index contributed by atoms with van der Waals surface area (Å²) in [6, 6.07) is 3.45. The van der Waals surface area contributed by atoms with Gasteiger partial charge in [-0.15, -0.1) is 0 Å². The summed E-state index contributed by atoms with van der Waals surface area (Å²) in [5.41, 5.74) is 2.52. The van der Waals surface area contributed by atoms with Gasteiger partial charge in [-0.1, -0.05) is 19.1 Å². The van der Waals surface area contributed by atoms with Crippen LogP contribution in [0.5, 0.6) is 0 Å². The van der Waals surface area contributed by atoms with Gasteiger partial charge in [0.1, 0.15) is 5.60 Å². The van der Waals surface area contributed by atoms with Gasteiger partial charge in [0, 0.05) is 29.7 Å². The van der Waals surface area contributed by atoms with Crippen LogP contribution >= 0.6 is 0 Å². The van der Waals surface area contributed by atoms with E-state index >= 15 is 0 Å². The first-order chi connectivity index (χ1) is 13.7. The Labute approximate surface area is 170 Å². The molecule has 0 saturated carbocycles. The lowest BCUT2D eigenvalue weighted by Gasteiger charge is -2.24. The van der Waals surface area contributed by atoms with Crippen LogP contribution in [0.4, 0.5) is 10.5 Å². The molecule has 29 heavy (non-hydrogen) atoms. The molecule has 3 heterocycles. The van der Waals surface area contributed by atoms with Crippen molar-refractivity contribution in [1.82, 2.24) is 15.3 Å². The standard InChI is InChI=1S/C22H26N4O3/c1-14-6-5-7-18(26-21(28)29-22(2,3)4)16-10-15(11-24-12-16)17-8-9-23-13-19(17)25-20(14)27/h5-6,8-14,18H,7H2,1-4H3,(H,25,27)(H,26,28)/b6-5-/t14-,18+/m1/s1. The highest BCUT2D eigenvalue weighted by molar-refractivity contribution is 5.97. The molecule has 0 fully saturated rings. The summed E-state index contributed by atoms with van der Waals surface area (Å²) in [6.45, 7) is 7.29. The molecule has 0 aromatic carbocycles. The van der Waals surface area contributed by atoms with Gasteiger partial charge in [0.2, 0.25) is 5.91 Å². The van der Waals surface area contributed by atoms with E-state index in [4.69, 9.17) is 4.74 Å². The molecule has 1 aliphatic rings. The largest absolute Gasteiger partial charge is 0.444 e. The minimum atomic E-state index is -0.593. The topological polar surface area (TPSA) is 93.2 Å². The van der Waals surface area contributed by atoms with E-state index in [9.17, 15) is 9.59 Å². The maximum atomic E-state index is 12.5. The molecule has 0 radical (unpaired) electrons. The molecule has 1 aliphatic heterocycles. The van der Waals surface area contributed by atoms with E-state index < -0.39 is 11.7 Å². The molecule has 7 heteroatoms. The first-order valence-electron chi connectivity index (χ1n) is 9.59. The summed E-state index contributed by atoms with van der Waals surface area (Å²) in [5, 5.41) is 5.86. The van der Waals surface area contributed by atoms with Gasteiger partial charge in [0.25, 0.3) is 0 Å². The number of nitrogens with zero attached hydrogens (tertiary/aromatic N) is 2. The molecular formula is C22H26N4O3. The Hall–Kier alpha value is -3.22. The van der Waals surface area contributed by atoms with Crippen LogP contribution in [0.25, 0.3) is 11.1 Å². The van der Waals surface area contributed by atoms with E-state index in [1.54, 1.807) is 24.8 Å². The Morgan fingerprint density at radius 2 is 2.03 bits per heavy atom. The third kappa shape index (κ3) is 5.40. The van der Waals surface area contributed by atoms with Gasteiger partial charge in [0.15, 0.2) is 0 Å². The summed E-state index contributed by atoms with van der Waals surface area (Å²) >= 11 is 0. The van der Waals surface area contributed by atoms with Crippen LogP contribution in [-0.4, -0.2) is 27.6 Å². The lowest BCUT2D eigenvalue weighted by molar-refractivity contribution is -0.118. The average molecular weight is 394 g/mol. The Balaban J connectivity index is 2.01. The number of anilines is 1. The first-order valence-corrected chi connectivity index (χ1v) is 9.59. The molecule has 0 saturated heterocycles. The molecule has 0 aliphatic carbocycles. The Morgan fingerprint density at radius 3 is 2.79 bits per heavy atom. The number of hydrogen-bond acceptors (Lipinski definition) is 5. The Kier molecular flexibility index (Phi) is 5.96. The summed E-state index contributed by atoms with van der Waals surface area (Å²) in [6.07, 6.45) is 10.5. The number of rotatable bonds is 1. The summed E-state index contributed by atoms with van der Waals surface area (Å²) in [7, 11) is 0. The molecule has 2 N–H and O–H groups in total. The lowest BCUT2D eigenvalue weighted by Crippen LogP contribution is -2.35. The van der Waals surface area contributed by atoms with Gasteiger partial charge >= 0.3 is 6.09 Å². The average Bonchev–Trinajstić information content (AvgIpc) is 2.65. The van der Waals surface area contributed by atoms with Crippen molar-refractivity contribution in [2.45, 2.75) is 45.8 Å². The van der Waals surface area contributed by atoms with E-state index in [-0.39, 0.29) is 17.9 Å². The number of pyridine rings is 2. The lowest BCUT2D eigenvalue weighted by atomic mass is 9.98. The van der Waals surface area contributed by atoms with E-state index in [0.29, 0.717) is 12.1 Å². The van der Waals surface area contributed by atoms with Gasteiger partial charge in [-0.2, -0.15) is 0 Å². The maximum Gasteiger partial charge on any atom is 0.408 e. The molecule has 2 aromatic heterocycles. The number of alkyl carbamates (subject to hydrolysis) is 1. The molecule has 2 amide bonds. The number of amides is 2. The number of hydrogen-bond donors (Lipinski definition) is 2. The van der Waals surface area contributed by atoms with E-state index in [1.807, 2.05) is 52.0 Å². The molecular weight excluding hydrogens is 368 g/mol. The van der Waals surface area contributed by atoms with Gasteiger partial charge in [-0.05, 0) is 44.9 Å². The van der Waals surface area contributed by atoms with Crippen LogP contribution in [0.3, 0.4) is 0 Å². The smallest absolute Gasteiger partial charge is 0.408 e. The van der Waals surface area contributed by atoms with Crippen molar-refractivity contribution in [1.29, 1.82) is 0 Å². The fourth-order valence-electron chi connectivity index (χ4n) is 3.02. The number of ether oxygens (including phenoxy) is 1. The van der Waals surface area contributed by atoms with Crippen LogP contribution < -0.4 is 10.6 Å². The molecule has 2 atom stereocenters. The summed E-state index contributed by atoms with van der Waals surface area (Å²) in [4.78, 5) is 33.4. The number of aromatic nitrogens is 2. The molecule has 2 aromatic rings. The second-order valence-electron chi connectivity index (χ2n) is 8.07. The summed E-state index contributed by atoms with van der Waals surface area (Å²) < 4.78 is 5.41. The fourth-order valence-corrected chi connectivity index (χ4v) is 3.02. The van der Waals surface area contributed by atoms with Gasteiger partial charge in [0.05, 0.1) is 23.8 Å². The highest BCUT2D eigenvalue weighted by atomic mass is 16.6. The van der Waals surface area contributed by atoms with Crippen LogP contribution in [0, 0.1) is 5.92 Å². The van der Waals surface area contributed by atoms with E-state index in [2.05, 4.69) is 20.6 Å². The van der Waals surface area contributed by atoms with Crippen LogP contribution in [-0.2, 0) is 9.53 Å². The van der Waals surface area contributed by atoms with Gasteiger partial charge < -0.3 is 15.4 Å². The second-order valence-corrected chi connectivity index (χ2v) is 8.07. The fraction of sp³-hybridized carbons (Fsp3) is 0.364. The van der Waals surface area contributed by atoms with Crippen molar-refractivity contribution in [3.8, 4) is 11.1 Å². The van der Waals surface area contributed by atoms with Crippen molar-refractivity contribution in [2.75, 3.05) is 5.32 Å². The van der Waals surface area contributed by atoms with Crippen LogP contribution in [0.2, 0.25) is 0 Å². The summed E-state index contributed by atoms with van der Waals surface area (Å²) in [5.74, 6) is -0.460. The van der Waals surface area contributed by atoms with Crippen molar-refractivity contribution < 1.29 is 14.3 Å². The third-order valence-electron chi connectivity index (χ3n) is 4.45. The van der Waals surface area contributed by atoms with Crippen molar-refractivity contribution in [2.24, 2.45) is 5.92 Å². The van der Waals surface area contributed by atoms with Crippen LogP contribution in [0.1, 0.15) is 45.7 Å². The number of nitrogens with one attached hydrogen (secondary N) is 2. The predicted octanol–water partition coefficient (Wildman–Crippen LogP) is 4.24. The zero-order valence-corrected chi connectivity index (χ0v) is 17.1. The maximum absolute atomic E-state index is 12.5. The highest BCUT2D eigenvalue weighted by Gasteiger charge is 2.22. The van der Waals surface area contributed by atoms with Gasteiger partial charge in [-0.25, -0.2) is 4.79 Å². The molecule has 0 spiro atoms. The molecule has 0 unspecified atom stereocenters. The quantitative estimate of drug-likeness (QED) is 0.706. The third-order valence-corrected chi connectivity index (χ3v) is 4.45. The zero-order chi connectivity index (χ0) is 21.0. The zero-order valence-electron chi connectivity index (χ0n) is 17.1. The van der Waals surface area contributed by atoms with E-state index in [0.717, 1.165) is 16.7 Å². The molecule has 152 valence electrons. The monoisotopic (exact) mass is 394 g/mol. The number of carbonyl (C=O) groups is 2. The molecule has 2 bridgehead atoms.